The number of hydrogen-bond donors (Lipinski definition) is 1. The van der Waals surface area contributed by atoms with E-state index in [1.807, 2.05) is 6.07 Å². The maximum Gasteiger partial charge on any atom is 0.104 e. The lowest BCUT2D eigenvalue weighted by Crippen LogP contribution is -2.12. The minimum Gasteiger partial charge on any atom is -0.389 e. The second-order valence-corrected chi connectivity index (χ2v) is 5.68. The molecule has 0 radical (unpaired) electrons. The lowest BCUT2D eigenvalue weighted by Gasteiger charge is -2.12. The Morgan fingerprint density at radius 2 is 1.94 bits per heavy atom. The summed E-state index contributed by atoms with van der Waals surface area (Å²) in [6, 6.07) is 5.34. The molecule has 0 saturated heterocycles. The largest absolute Gasteiger partial charge is 0.389 e. The van der Waals surface area contributed by atoms with Gasteiger partial charge >= 0.3 is 0 Å². The number of nitrogens with zero attached hydrogens (tertiary/aromatic N) is 1. The summed E-state index contributed by atoms with van der Waals surface area (Å²) in [5.74, 6) is 0.278. The summed E-state index contributed by atoms with van der Waals surface area (Å²) < 4.78 is 0. The van der Waals surface area contributed by atoms with Crippen LogP contribution in [0.25, 0.3) is 10.9 Å². The first-order valence-corrected chi connectivity index (χ1v) is 6.66. The third kappa shape index (κ3) is 2.44. The van der Waals surface area contributed by atoms with E-state index in [-0.39, 0.29) is 5.92 Å². The SMILES string of the molecule is CC(C)c1cc(C(N)=S)c2c(Cl)cc(Cl)cc2n1. The maximum absolute atomic E-state index is 6.20. The van der Waals surface area contributed by atoms with E-state index >= 15 is 0 Å². The molecule has 0 aliphatic rings. The Morgan fingerprint density at radius 1 is 1.28 bits per heavy atom. The summed E-state index contributed by atoms with van der Waals surface area (Å²) in [4.78, 5) is 4.87. The highest BCUT2D eigenvalue weighted by Gasteiger charge is 2.13. The molecule has 0 spiro atoms. The summed E-state index contributed by atoms with van der Waals surface area (Å²) in [7, 11) is 0. The number of benzene rings is 1. The predicted octanol–water partition coefficient (Wildman–Crippen LogP) is 4.30. The Balaban J connectivity index is 2.90. The third-order valence-corrected chi connectivity index (χ3v) is 3.44. The first kappa shape index (κ1) is 13.5. The Hall–Kier alpha value is -0.900. The quantitative estimate of drug-likeness (QED) is 0.840. The summed E-state index contributed by atoms with van der Waals surface area (Å²) >= 11 is 17.3. The number of halogens is 2. The topological polar surface area (TPSA) is 38.9 Å². The van der Waals surface area contributed by atoms with Crippen LogP contribution in [-0.2, 0) is 0 Å². The van der Waals surface area contributed by atoms with Crippen LogP contribution in [0.3, 0.4) is 0 Å². The normalized spacial score (nSPS) is 11.2. The van der Waals surface area contributed by atoms with E-state index < -0.39 is 0 Å². The number of pyridine rings is 1. The fourth-order valence-electron chi connectivity index (χ4n) is 1.80. The zero-order chi connectivity index (χ0) is 13.4. The number of hydrogen-bond acceptors (Lipinski definition) is 2. The van der Waals surface area contributed by atoms with Crippen LogP contribution in [0.5, 0.6) is 0 Å². The molecule has 0 aliphatic carbocycles. The molecule has 1 aromatic carbocycles. The molecule has 2 N–H and O–H groups in total. The number of thiocarbonyl (C=S) groups is 1. The lowest BCUT2D eigenvalue weighted by atomic mass is 10.0. The molecule has 5 heteroatoms. The standard InChI is InChI=1S/C13H12Cl2N2S/c1-6(2)10-5-8(13(16)18)12-9(15)3-7(14)4-11(12)17-10/h3-6H,1-2H3,(H2,16,18). The van der Waals surface area contributed by atoms with Gasteiger partial charge in [-0.1, -0.05) is 49.3 Å². The molecule has 2 rings (SSSR count). The first-order valence-electron chi connectivity index (χ1n) is 5.49. The Labute approximate surface area is 121 Å². The monoisotopic (exact) mass is 298 g/mol. The zero-order valence-corrected chi connectivity index (χ0v) is 12.3. The van der Waals surface area contributed by atoms with E-state index in [0.717, 1.165) is 22.2 Å². The van der Waals surface area contributed by atoms with Gasteiger partial charge in [0, 0.05) is 21.7 Å². The smallest absolute Gasteiger partial charge is 0.104 e. The van der Waals surface area contributed by atoms with E-state index in [2.05, 4.69) is 18.8 Å². The second kappa shape index (κ2) is 5.00. The molecule has 1 aromatic heterocycles. The summed E-state index contributed by atoms with van der Waals surface area (Å²) in [6.45, 7) is 4.12. The number of rotatable bonds is 2. The molecule has 2 nitrogen and oxygen atoms in total. The average Bonchev–Trinajstić information content (AvgIpc) is 2.26. The Bertz CT molecular complexity index is 638. The molecule has 0 amide bonds. The van der Waals surface area contributed by atoms with Gasteiger partial charge in [0.25, 0.3) is 0 Å². The van der Waals surface area contributed by atoms with Crippen LogP contribution in [0.4, 0.5) is 0 Å². The van der Waals surface area contributed by atoms with Crippen molar-refractivity contribution in [2.24, 2.45) is 5.73 Å². The van der Waals surface area contributed by atoms with Crippen LogP contribution < -0.4 is 5.73 Å². The molecular formula is C13H12Cl2N2S. The van der Waals surface area contributed by atoms with Crippen molar-refractivity contribution >= 4 is 51.3 Å². The van der Waals surface area contributed by atoms with Crippen molar-refractivity contribution in [3.8, 4) is 0 Å². The van der Waals surface area contributed by atoms with E-state index in [4.69, 9.17) is 41.2 Å². The van der Waals surface area contributed by atoms with Gasteiger partial charge in [0.2, 0.25) is 0 Å². The van der Waals surface area contributed by atoms with Crippen molar-refractivity contribution in [1.29, 1.82) is 0 Å². The van der Waals surface area contributed by atoms with Gasteiger partial charge in [0.05, 0.1) is 10.5 Å². The summed E-state index contributed by atoms with van der Waals surface area (Å²) in [5.41, 5.74) is 8.16. The first-order chi connectivity index (χ1) is 8.40. The number of fused-ring (bicyclic) bond motifs is 1. The maximum atomic E-state index is 6.20. The molecule has 0 aliphatic heterocycles. The lowest BCUT2D eigenvalue weighted by molar-refractivity contribution is 0.829. The van der Waals surface area contributed by atoms with Crippen molar-refractivity contribution < 1.29 is 0 Å². The number of nitrogens with two attached hydrogens (primary N) is 1. The minimum absolute atomic E-state index is 0.278. The molecule has 1 heterocycles. The second-order valence-electron chi connectivity index (χ2n) is 4.40. The average molecular weight is 299 g/mol. The van der Waals surface area contributed by atoms with Gasteiger partial charge in [-0.15, -0.1) is 0 Å². The van der Waals surface area contributed by atoms with Crippen molar-refractivity contribution in [3.05, 3.63) is 39.5 Å². The molecule has 2 aromatic rings. The molecule has 0 atom stereocenters. The third-order valence-electron chi connectivity index (χ3n) is 2.70. The van der Waals surface area contributed by atoms with Gasteiger partial charge in [-0.2, -0.15) is 0 Å². The number of aromatic nitrogens is 1. The van der Waals surface area contributed by atoms with E-state index in [1.165, 1.54) is 0 Å². The fourth-order valence-corrected chi connectivity index (χ4v) is 2.54. The van der Waals surface area contributed by atoms with Crippen LogP contribution in [-0.4, -0.2) is 9.97 Å². The Kier molecular flexibility index (Phi) is 3.76. The highest BCUT2D eigenvalue weighted by molar-refractivity contribution is 7.80. The molecular weight excluding hydrogens is 287 g/mol. The summed E-state index contributed by atoms with van der Waals surface area (Å²) in [5, 5.41) is 1.83. The predicted molar refractivity (Wildman–Crippen MR) is 81.7 cm³/mol. The van der Waals surface area contributed by atoms with Crippen LogP contribution in [0.1, 0.15) is 31.0 Å². The molecule has 94 valence electrons. The van der Waals surface area contributed by atoms with Gasteiger partial charge in [0.1, 0.15) is 4.99 Å². The van der Waals surface area contributed by atoms with Crippen molar-refractivity contribution in [2.75, 3.05) is 0 Å². The minimum atomic E-state index is 0.278. The summed E-state index contributed by atoms with van der Waals surface area (Å²) in [6.07, 6.45) is 0. The van der Waals surface area contributed by atoms with Crippen LogP contribution in [0, 0.1) is 0 Å². The van der Waals surface area contributed by atoms with Gasteiger partial charge in [-0.25, -0.2) is 0 Å². The molecule has 0 bridgehead atoms. The molecule has 0 fully saturated rings. The molecule has 18 heavy (non-hydrogen) atoms. The van der Waals surface area contributed by atoms with Crippen molar-refractivity contribution in [1.82, 2.24) is 4.98 Å². The highest BCUT2D eigenvalue weighted by atomic mass is 35.5. The van der Waals surface area contributed by atoms with Gasteiger partial charge < -0.3 is 5.73 Å². The molecule has 0 saturated carbocycles. The zero-order valence-electron chi connectivity index (χ0n) is 10.00. The fraction of sp³-hybridized carbons (Fsp3) is 0.231. The van der Waals surface area contributed by atoms with Crippen LogP contribution >= 0.6 is 35.4 Å². The van der Waals surface area contributed by atoms with E-state index in [9.17, 15) is 0 Å². The van der Waals surface area contributed by atoms with Crippen LogP contribution in [0.15, 0.2) is 18.2 Å². The highest BCUT2D eigenvalue weighted by Crippen LogP contribution is 2.31. The van der Waals surface area contributed by atoms with Crippen molar-refractivity contribution in [3.63, 3.8) is 0 Å². The molecule has 0 unspecified atom stereocenters. The van der Waals surface area contributed by atoms with Crippen LogP contribution in [0.2, 0.25) is 10.0 Å². The van der Waals surface area contributed by atoms with Crippen molar-refractivity contribution in [2.45, 2.75) is 19.8 Å². The Morgan fingerprint density at radius 3 is 2.50 bits per heavy atom. The van der Waals surface area contributed by atoms with Gasteiger partial charge in [-0.05, 0) is 24.1 Å². The van der Waals surface area contributed by atoms with E-state index in [0.29, 0.717) is 15.0 Å². The van der Waals surface area contributed by atoms with Gasteiger partial charge in [0.15, 0.2) is 0 Å². The van der Waals surface area contributed by atoms with Gasteiger partial charge in [-0.3, -0.25) is 4.98 Å². The van der Waals surface area contributed by atoms with E-state index in [1.54, 1.807) is 12.1 Å².